The number of nitrogens with one attached hydrogen (secondary N) is 1. The van der Waals surface area contributed by atoms with Gasteiger partial charge in [0.2, 0.25) is 5.91 Å². The number of hydrogen-bond donors (Lipinski definition) is 1. The lowest BCUT2D eigenvalue weighted by Crippen LogP contribution is -2.47. The Balaban J connectivity index is 1.49. The molecule has 0 saturated carbocycles. The quantitative estimate of drug-likeness (QED) is 0.311. The Labute approximate surface area is 232 Å². The minimum atomic E-state index is -1.36. The number of fused-ring (bicyclic) bond motifs is 1. The minimum absolute atomic E-state index is 0.128. The van der Waals surface area contributed by atoms with Crippen LogP contribution in [0.15, 0.2) is 78.2 Å². The third-order valence-corrected chi connectivity index (χ3v) is 6.89. The van der Waals surface area contributed by atoms with Gasteiger partial charge >= 0.3 is 0 Å². The molecule has 0 fully saturated rings. The number of imide groups is 1. The van der Waals surface area contributed by atoms with E-state index in [1.54, 1.807) is 42.5 Å². The summed E-state index contributed by atoms with van der Waals surface area (Å²) in [4.78, 5) is 55.4. The van der Waals surface area contributed by atoms with Gasteiger partial charge in [0, 0.05) is 23.2 Å². The first-order chi connectivity index (χ1) is 19.4. The van der Waals surface area contributed by atoms with Crippen LogP contribution in [-0.4, -0.2) is 56.7 Å². The summed E-state index contributed by atoms with van der Waals surface area (Å²) in [5, 5.41) is 8.27. The first kappa shape index (κ1) is 26.6. The van der Waals surface area contributed by atoms with Crippen molar-refractivity contribution in [1.82, 2.24) is 19.4 Å². The van der Waals surface area contributed by atoms with Gasteiger partial charge in [-0.1, -0.05) is 34.8 Å². The first-order valence-corrected chi connectivity index (χ1v) is 12.9. The molecule has 0 aliphatic carbocycles. The van der Waals surface area contributed by atoms with Crippen molar-refractivity contribution in [3.63, 3.8) is 0 Å². The molecule has 2 heterocycles. The van der Waals surface area contributed by atoms with Crippen LogP contribution < -0.4 is 10.1 Å². The SMILES string of the molecule is COc1ccc(NC(=O)[C@@H](c2csnn2)N(Cc2ccccc2F)C(=O)CN2C(=O)c3ccccc3C2=O)cc1. The van der Waals surface area contributed by atoms with Gasteiger partial charge in [0.25, 0.3) is 17.7 Å². The smallest absolute Gasteiger partial charge is 0.262 e. The van der Waals surface area contributed by atoms with Crippen LogP contribution in [0.1, 0.15) is 38.0 Å². The fourth-order valence-electron chi connectivity index (χ4n) is 4.35. The zero-order chi connectivity index (χ0) is 28.2. The molecule has 5 rings (SSSR count). The largest absolute Gasteiger partial charge is 0.497 e. The highest BCUT2D eigenvalue weighted by Gasteiger charge is 2.40. The van der Waals surface area contributed by atoms with Crippen LogP contribution in [0.2, 0.25) is 0 Å². The minimum Gasteiger partial charge on any atom is -0.497 e. The molecule has 4 aromatic rings. The summed E-state index contributed by atoms with van der Waals surface area (Å²) in [5.74, 6) is -2.68. The summed E-state index contributed by atoms with van der Waals surface area (Å²) < 4.78 is 23.7. The molecule has 1 aromatic heterocycles. The number of halogens is 1. The lowest BCUT2D eigenvalue weighted by atomic mass is 10.1. The zero-order valence-corrected chi connectivity index (χ0v) is 21.9. The fourth-order valence-corrected chi connectivity index (χ4v) is 4.83. The Bertz CT molecular complexity index is 1540. The molecule has 1 aliphatic heterocycles. The molecule has 1 aliphatic rings. The van der Waals surface area contributed by atoms with Crippen molar-refractivity contribution in [2.75, 3.05) is 19.0 Å². The van der Waals surface area contributed by atoms with Crippen molar-refractivity contribution in [3.8, 4) is 5.75 Å². The van der Waals surface area contributed by atoms with Gasteiger partial charge in [-0.25, -0.2) is 4.39 Å². The van der Waals surface area contributed by atoms with E-state index in [9.17, 15) is 23.6 Å². The first-order valence-electron chi connectivity index (χ1n) is 12.1. The van der Waals surface area contributed by atoms with E-state index in [4.69, 9.17) is 4.74 Å². The van der Waals surface area contributed by atoms with Crippen molar-refractivity contribution in [3.05, 3.63) is 106 Å². The van der Waals surface area contributed by atoms with E-state index < -0.39 is 42.0 Å². The third kappa shape index (κ3) is 5.29. The highest BCUT2D eigenvalue weighted by Crippen LogP contribution is 2.28. The number of rotatable bonds is 9. The number of aromatic nitrogens is 2. The number of anilines is 1. The van der Waals surface area contributed by atoms with Crippen molar-refractivity contribution >= 4 is 40.8 Å². The number of ether oxygens (including phenoxy) is 1. The standard InChI is InChI=1S/C28H22FN5O5S/c1-39-19-12-10-18(11-13-19)30-26(36)25(23-16-40-32-31-23)33(14-17-6-2-5-9-22(17)29)24(35)15-34-27(37)20-7-3-4-8-21(20)28(34)38/h2-13,16,25H,14-15H2,1H3,(H,30,36)/t25-/m1/s1. The molecule has 0 unspecified atom stereocenters. The van der Waals surface area contributed by atoms with E-state index in [-0.39, 0.29) is 28.9 Å². The average Bonchev–Trinajstić information content (AvgIpc) is 3.58. The average molecular weight is 560 g/mol. The summed E-state index contributed by atoms with van der Waals surface area (Å²) in [5.41, 5.74) is 1.04. The maximum Gasteiger partial charge on any atom is 0.262 e. The van der Waals surface area contributed by atoms with Crippen LogP contribution in [0.5, 0.6) is 5.75 Å². The van der Waals surface area contributed by atoms with Gasteiger partial charge < -0.3 is 15.0 Å². The van der Waals surface area contributed by atoms with Gasteiger partial charge in [-0.05, 0) is 54.0 Å². The van der Waals surface area contributed by atoms with E-state index in [0.29, 0.717) is 11.4 Å². The molecule has 0 bridgehead atoms. The Kier molecular flexibility index (Phi) is 7.60. The van der Waals surface area contributed by atoms with Crippen molar-refractivity contribution in [2.24, 2.45) is 0 Å². The number of benzene rings is 3. The van der Waals surface area contributed by atoms with Crippen LogP contribution in [0.3, 0.4) is 0 Å². The number of hydrogen-bond acceptors (Lipinski definition) is 8. The predicted molar refractivity (Wildman–Crippen MR) is 143 cm³/mol. The van der Waals surface area contributed by atoms with Gasteiger partial charge in [-0.3, -0.25) is 24.1 Å². The highest BCUT2D eigenvalue weighted by molar-refractivity contribution is 7.03. The van der Waals surface area contributed by atoms with Gasteiger partial charge in [-0.15, -0.1) is 5.10 Å². The van der Waals surface area contributed by atoms with Crippen molar-refractivity contribution < 1.29 is 28.3 Å². The van der Waals surface area contributed by atoms with E-state index in [2.05, 4.69) is 14.9 Å². The predicted octanol–water partition coefficient (Wildman–Crippen LogP) is 3.69. The van der Waals surface area contributed by atoms with E-state index in [0.717, 1.165) is 21.3 Å². The molecule has 1 atom stereocenters. The number of carbonyl (C=O) groups is 4. The molecular weight excluding hydrogens is 537 g/mol. The number of amides is 4. The Morgan fingerprint density at radius 2 is 1.65 bits per heavy atom. The van der Waals surface area contributed by atoms with E-state index in [1.807, 2.05) is 0 Å². The molecule has 3 aromatic carbocycles. The topological polar surface area (TPSA) is 122 Å². The maximum absolute atomic E-state index is 14.8. The normalized spacial score (nSPS) is 13.1. The molecule has 0 saturated heterocycles. The summed E-state index contributed by atoms with van der Waals surface area (Å²) in [6.07, 6.45) is 0. The van der Waals surface area contributed by atoms with Crippen LogP contribution in [-0.2, 0) is 16.1 Å². The molecule has 10 nitrogen and oxygen atoms in total. The monoisotopic (exact) mass is 559 g/mol. The highest BCUT2D eigenvalue weighted by atomic mass is 32.1. The van der Waals surface area contributed by atoms with Crippen LogP contribution in [0.4, 0.5) is 10.1 Å². The van der Waals surface area contributed by atoms with Gasteiger partial charge in [0.05, 0.1) is 18.2 Å². The third-order valence-electron chi connectivity index (χ3n) is 6.37. The zero-order valence-electron chi connectivity index (χ0n) is 21.1. The molecule has 40 heavy (non-hydrogen) atoms. The molecule has 1 N–H and O–H groups in total. The van der Waals surface area contributed by atoms with E-state index in [1.165, 1.54) is 42.8 Å². The second-order valence-corrected chi connectivity index (χ2v) is 9.41. The summed E-state index contributed by atoms with van der Waals surface area (Å²) >= 11 is 0.972. The lowest BCUT2D eigenvalue weighted by Gasteiger charge is -2.31. The summed E-state index contributed by atoms with van der Waals surface area (Å²) in [6.45, 7) is -1.00. The van der Waals surface area contributed by atoms with Crippen LogP contribution in [0.25, 0.3) is 0 Å². The second-order valence-electron chi connectivity index (χ2n) is 8.81. The number of methoxy groups -OCH3 is 1. The number of carbonyl (C=O) groups excluding carboxylic acids is 4. The van der Waals surface area contributed by atoms with E-state index >= 15 is 0 Å². The van der Waals surface area contributed by atoms with Crippen molar-refractivity contribution in [2.45, 2.75) is 12.6 Å². The van der Waals surface area contributed by atoms with Gasteiger partial charge in [0.1, 0.15) is 23.8 Å². The molecule has 0 spiro atoms. The fraction of sp³-hybridized carbons (Fsp3) is 0.143. The molecule has 0 radical (unpaired) electrons. The van der Waals surface area contributed by atoms with Crippen LogP contribution in [0, 0.1) is 5.82 Å². The molecule has 4 amide bonds. The van der Waals surface area contributed by atoms with Gasteiger partial charge in [-0.2, -0.15) is 0 Å². The van der Waals surface area contributed by atoms with Crippen LogP contribution >= 0.6 is 11.5 Å². The molecule has 12 heteroatoms. The lowest BCUT2D eigenvalue weighted by molar-refractivity contribution is -0.140. The second kappa shape index (κ2) is 11.4. The molecular formula is C28H22FN5O5S. The Morgan fingerprint density at radius 3 is 2.25 bits per heavy atom. The number of nitrogens with zero attached hydrogens (tertiary/aromatic N) is 4. The Hall–Kier alpha value is -4.97. The Morgan fingerprint density at radius 1 is 1.00 bits per heavy atom. The molecule has 202 valence electrons. The van der Waals surface area contributed by atoms with Gasteiger partial charge in [0.15, 0.2) is 6.04 Å². The van der Waals surface area contributed by atoms with Crippen molar-refractivity contribution in [1.29, 1.82) is 0 Å². The summed E-state index contributed by atoms with van der Waals surface area (Å²) in [7, 11) is 1.51. The summed E-state index contributed by atoms with van der Waals surface area (Å²) in [6, 6.07) is 17.2. The maximum atomic E-state index is 14.8.